The van der Waals surface area contributed by atoms with Gasteiger partial charge in [0.25, 0.3) is 0 Å². The molecule has 0 spiro atoms. The molecule has 0 atom stereocenters. The Labute approximate surface area is 413 Å². The van der Waals surface area contributed by atoms with E-state index in [4.69, 9.17) is 23.7 Å². The number of rotatable bonds is 7. The predicted octanol–water partition coefficient (Wildman–Crippen LogP) is 15.8. The van der Waals surface area contributed by atoms with Gasteiger partial charge in [-0.1, -0.05) is 161 Å². The molecule has 2 heterocycles. The third-order valence-corrected chi connectivity index (χ3v) is 11.9. The van der Waals surface area contributed by atoms with E-state index >= 15 is 0 Å². The van der Waals surface area contributed by atoms with Gasteiger partial charge in [0.05, 0.1) is 27.8 Å². The summed E-state index contributed by atoms with van der Waals surface area (Å²) in [5.74, 6) is 0.479. The second kappa shape index (κ2) is 17.6. The molecular weight excluding hydrogens is 974 g/mol. The fourth-order valence-electron chi connectivity index (χ4n) is 8.36. The zero-order chi connectivity index (χ0) is 53.6. The molecule has 9 aromatic rings. The minimum atomic E-state index is -2.85. The van der Waals surface area contributed by atoms with E-state index in [0.29, 0.717) is 72.7 Å². The number of pyridine rings is 1. The maximum absolute atomic E-state index is 12.0. The second-order valence-electron chi connectivity index (χ2n) is 18.7. The van der Waals surface area contributed by atoms with E-state index in [-0.39, 0.29) is 43.4 Å². The zero-order valence-corrected chi connectivity index (χ0v) is 40.0. The largest absolute Gasteiger partial charge is 0.507 e. The number of imidazole rings is 1. The van der Waals surface area contributed by atoms with Crippen LogP contribution in [0.15, 0.2) is 152 Å². The molecule has 328 valence electrons. The topological polar surface area (TPSA) is 50.9 Å². The molecule has 7 aromatic carbocycles. The van der Waals surface area contributed by atoms with Crippen LogP contribution in [0.4, 0.5) is 0 Å². The predicted molar refractivity (Wildman–Crippen MR) is 268 cm³/mol. The van der Waals surface area contributed by atoms with Crippen LogP contribution in [-0.2, 0) is 31.9 Å². The van der Waals surface area contributed by atoms with Crippen molar-refractivity contribution in [1.82, 2.24) is 14.5 Å². The van der Waals surface area contributed by atoms with Gasteiger partial charge in [0, 0.05) is 46.7 Å². The van der Waals surface area contributed by atoms with Gasteiger partial charge in [0.1, 0.15) is 11.6 Å². The Kier molecular flexibility index (Phi) is 9.20. The number of nitrogens with zero attached hydrogens (tertiary/aromatic N) is 3. The van der Waals surface area contributed by atoms with Crippen molar-refractivity contribution in [3.05, 3.63) is 191 Å². The summed E-state index contributed by atoms with van der Waals surface area (Å²) in [6.07, 6.45) is 1.52. The van der Waals surface area contributed by atoms with Gasteiger partial charge >= 0.3 is 0 Å². The minimum Gasteiger partial charge on any atom is -0.507 e. The Hall–Kier alpha value is -6.35. The molecule has 0 aliphatic rings. The molecule has 4 nitrogen and oxygen atoms in total. The van der Waals surface area contributed by atoms with Crippen molar-refractivity contribution in [2.75, 3.05) is 0 Å². The van der Waals surface area contributed by atoms with Crippen molar-refractivity contribution in [2.45, 2.75) is 79.9 Å². The molecule has 0 fully saturated rings. The minimum absolute atomic E-state index is 0. The molecule has 0 aliphatic heterocycles. The summed E-state index contributed by atoms with van der Waals surface area (Å²) >= 11 is 0. The quantitative estimate of drug-likeness (QED) is 0.162. The molecular formula is C60H56N3OPt-. The molecule has 65 heavy (non-hydrogen) atoms. The Morgan fingerprint density at radius 1 is 0.585 bits per heavy atom. The first kappa shape index (κ1) is 34.1. The van der Waals surface area contributed by atoms with Crippen molar-refractivity contribution in [1.29, 1.82) is 0 Å². The zero-order valence-electron chi connectivity index (χ0n) is 47.7. The molecule has 2 aromatic heterocycles. The Morgan fingerprint density at radius 2 is 1.29 bits per heavy atom. The third-order valence-electron chi connectivity index (χ3n) is 11.9. The maximum Gasteiger partial charge on any atom is 0.148 e. The fourth-order valence-corrected chi connectivity index (χ4v) is 8.36. The van der Waals surface area contributed by atoms with Crippen LogP contribution in [0.5, 0.6) is 5.75 Å². The van der Waals surface area contributed by atoms with Crippen LogP contribution in [-0.4, -0.2) is 19.6 Å². The first-order valence-electron chi connectivity index (χ1n) is 26.5. The number of benzene rings is 7. The van der Waals surface area contributed by atoms with Crippen LogP contribution in [0.2, 0.25) is 0 Å². The van der Waals surface area contributed by atoms with Gasteiger partial charge in [-0.2, -0.15) is 0 Å². The summed E-state index contributed by atoms with van der Waals surface area (Å²) in [7, 11) is 0. The number of phenols is 1. The van der Waals surface area contributed by atoms with Gasteiger partial charge in [-0.05, 0) is 119 Å². The molecule has 0 aliphatic carbocycles. The molecule has 0 saturated carbocycles. The van der Waals surface area contributed by atoms with Gasteiger partial charge in [-0.15, -0.1) is 29.3 Å². The van der Waals surface area contributed by atoms with E-state index in [2.05, 4.69) is 65.8 Å². The van der Waals surface area contributed by atoms with Gasteiger partial charge < -0.3 is 5.11 Å². The molecule has 1 N–H and O–H groups in total. The Balaban J connectivity index is 0.00000747. The van der Waals surface area contributed by atoms with Crippen LogP contribution in [0.25, 0.3) is 83.9 Å². The first-order valence-corrected chi connectivity index (χ1v) is 21.5. The van der Waals surface area contributed by atoms with Crippen molar-refractivity contribution in [3.63, 3.8) is 0 Å². The number of para-hydroxylation sites is 1. The number of fused-ring (bicyclic) bond motifs is 1. The van der Waals surface area contributed by atoms with Gasteiger partial charge in [-0.3, -0.25) is 9.55 Å². The van der Waals surface area contributed by atoms with Crippen molar-refractivity contribution in [3.8, 4) is 78.6 Å². The second-order valence-corrected chi connectivity index (χ2v) is 18.7. The summed E-state index contributed by atoms with van der Waals surface area (Å²) in [6, 6.07) is 39.8. The number of phenolic OH excluding ortho intramolecular Hbond substituents is 1. The van der Waals surface area contributed by atoms with Crippen LogP contribution < -0.4 is 0 Å². The molecule has 0 unspecified atom stereocenters. The van der Waals surface area contributed by atoms with Gasteiger partial charge in [0.15, 0.2) is 0 Å². The van der Waals surface area contributed by atoms with Crippen molar-refractivity contribution >= 4 is 11.0 Å². The number of aryl methyl sites for hydroxylation is 3. The Morgan fingerprint density at radius 3 is 1.98 bits per heavy atom. The van der Waals surface area contributed by atoms with Crippen LogP contribution in [0.3, 0.4) is 0 Å². The average molecular weight is 1040 g/mol. The third kappa shape index (κ3) is 8.90. The van der Waals surface area contributed by atoms with Crippen molar-refractivity contribution < 1.29 is 39.9 Å². The first-order chi connectivity index (χ1) is 34.6. The number of aromatic hydroxyl groups is 1. The number of hydrogen-bond donors (Lipinski definition) is 1. The average Bonchev–Trinajstić information content (AvgIpc) is 3.73. The molecule has 9 rings (SSSR count). The summed E-state index contributed by atoms with van der Waals surface area (Å²) < 4.78 is 87.3. The molecule has 0 bridgehead atoms. The normalized spacial score (nSPS) is 14.4. The van der Waals surface area contributed by atoms with Gasteiger partial charge in [0.2, 0.25) is 0 Å². The van der Waals surface area contributed by atoms with Crippen LogP contribution >= 0.6 is 0 Å². The summed E-state index contributed by atoms with van der Waals surface area (Å²) in [6.45, 7) is 11.2. The number of hydrogen-bond acceptors (Lipinski definition) is 3. The van der Waals surface area contributed by atoms with E-state index in [1.807, 2.05) is 103 Å². The fraction of sp³-hybridized carbons (Fsp3) is 0.200. The van der Waals surface area contributed by atoms with Crippen LogP contribution in [0.1, 0.15) is 88.6 Å². The smallest absolute Gasteiger partial charge is 0.148 e. The van der Waals surface area contributed by atoms with E-state index < -0.39 is 48.9 Å². The molecule has 0 amide bonds. The summed E-state index contributed by atoms with van der Waals surface area (Å²) in [5, 5.41) is 12.0. The van der Waals surface area contributed by atoms with E-state index in [1.165, 1.54) is 6.20 Å². The molecule has 0 saturated heterocycles. The summed E-state index contributed by atoms with van der Waals surface area (Å²) in [5.41, 5.74) is 10.3. The monoisotopic (exact) mass is 1040 g/mol. The molecule has 0 radical (unpaired) electrons. The standard InChI is InChI=1S/C60H56N3O.Pt/c1-37-19-21-41(22-20-37)44-27-28-61-53(35-44)46-32-45(33-48(34-46)60(8,9)10)49-17-14-18-54-56(49)62-58(52-30-38(2)29-40(4)57(52)64)63(54)55-36-50(42-15-12-11-13-16-42)39(3)31-51(55)43-23-25-47(26-24-43)59(5,6)7;/h11-31,33-36,64H,1-10H3;/q-1;/i1D3,3D3,19D,20D,21D,22D;. The summed E-state index contributed by atoms with van der Waals surface area (Å²) in [4.78, 5) is 10.2. The van der Waals surface area contributed by atoms with E-state index in [9.17, 15) is 5.11 Å². The Bertz CT molecular complexity index is 3650. The maximum atomic E-state index is 12.0. The van der Waals surface area contributed by atoms with E-state index in [1.54, 1.807) is 18.2 Å². The molecule has 5 heteroatoms. The van der Waals surface area contributed by atoms with Crippen LogP contribution in [0, 0.1) is 33.6 Å². The number of aromatic nitrogens is 3. The SMILES string of the molecule is [2H]c1c([2H])c(C([2H])([2H])[2H])c([2H])c([2H])c1-c1ccnc(-c2[c-]c(-c3cccc4c3nc(-c3cc(C)cc(C)c3O)n4-c3cc(-c4ccccc4)c(C([2H])([2H])[2H])cc3-c3ccc(C(C)(C)C)cc3)cc(C(C)(C)C)c2)c1.[Pt]. The van der Waals surface area contributed by atoms with E-state index in [0.717, 1.165) is 27.8 Å². The van der Waals surface area contributed by atoms with Gasteiger partial charge in [-0.25, -0.2) is 4.98 Å². The van der Waals surface area contributed by atoms with Crippen molar-refractivity contribution in [2.24, 2.45) is 0 Å².